The van der Waals surface area contributed by atoms with E-state index in [4.69, 9.17) is 4.74 Å². The van der Waals surface area contributed by atoms with E-state index in [9.17, 15) is 9.59 Å². The number of ether oxygens (including phenoxy) is 1. The molecule has 0 aliphatic heterocycles. The molecule has 6 nitrogen and oxygen atoms in total. The first-order chi connectivity index (χ1) is 9.52. The summed E-state index contributed by atoms with van der Waals surface area (Å²) in [5.41, 5.74) is 1.81. The number of nitrogens with zero attached hydrogens (tertiary/aromatic N) is 1. The van der Waals surface area contributed by atoms with Crippen molar-refractivity contribution in [2.45, 2.75) is 6.61 Å². The predicted octanol–water partition coefficient (Wildman–Crippen LogP) is 1.15. The number of aromatic nitrogens is 2. The Morgan fingerprint density at radius 1 is 1.20 bits per heavy atom. The molecule has 0 radical (unpaired) electrons. The van der Waals surface area contributed by atoms with Crippen molar-refractivity contribution in [2.75, 3.05) is 26.1 Å². The van der Waals surface area contributed by atoms with Gasteiger partial charge in [0.25, 0.3) is 0 Å². The molecule has 6 heteroatoms. The Bertz CT molecular complexity index is 653. The van der Waals surface area contributed by atoms with Crippen LogP contribution in [0.4, 0.5) is 5.69 Å². The molecule has 0 fully saturated rings. The first-order valence-corrected chi connectivity index (χ1v) is 6.15. The number of hydrogen-bond donors (Lipinski definition) is 2. The Morgan fingerprint density at radius 3 is 2.40 bits per heavy atom. The van der Waals surface area contributed by atoms with E-state index >= 15 is 0 Å². The van der Waals surface area contributed by atoms with Crippen LogP contribution in [0.5, 0.6) is 0 Å². The molecule has 0 atom stereocenters. The van der Waals surface area contributed by atoms with E-state index < -0.39 is 5.69 Å². The molecule has 0 unspecified atom stereocenters. The molecule has 1 heterocycles. The number of rotatable bonds is 5. The fourth-order valence-electron chi connectivity index (χ4n) is 1.92. The van der Waals surface area contributed by atoms with Crippen LogP contribution in [0.25, 0.3) is 0 Å². The average Bonchev–Trinajstić information content (AvgIpc) is 2.79. The zero-order valence-corrected chi connectivity index (χ0v) is 11.7. The Hall–Kier alpha value is -2.34. The van der Waals surface area contributed by atoms with E-state index in [2.05, 4.69) is 9.97 Å². The van der Waals surface area contributed by atoms with Gasteiger partial charge in [-0.1, -0.05) is 0 Å². The zero-order valence-electron chi connectivity index (χ0n) is 11.7. The summed E-state index contributed by atoms with van der Waals surface area (Å²) in [6, 6.07) is 7.18. The third kappa shape index (κ3) is 2.80. The van der Waals surface area contributed by atoms with Crippen LogP contribution in [0.15, 0.2) is 29.1 Å². The lowest BCUT2D eigenvalue weighted by Crippen LogP contribution is -2.10. The minimum absolute atomic E-state index is 0.176. The normalized spacial score (nSPS) is 10.6. The number of aromatic amines is 2. The molecule has 0 aliphatic rings. The summed E-state index contributed by atoms with van der Waals surface area (Å²) >= 11 is 0. The van der Waals surface area contributed by atoms with Gasteiger partial charge in [-0.2, -0.15) is 0 Å². The molecule has 0 amide bonds. The molecule has 0 aliphatic carbocycles. The molecule has 0 bridgehead atoms. The van der Waals surface area contributed by atoms with E-state index in [0.717, 1.165) is 5.69 Å². The highest BCUT2D eigenvalue weighted by Crippen LogP contribution is 2.15. The molecule has 106 valence electrons. The van der Waals surface area contributed by atoms with Crippen LogP contribution >= 0.6 is 0 Å². The van der Waals surface area contributed by atoms with Crippen molar-refractivity contribution in [3.63, 3.8) is 0 Å². The lowest BCUT2D eigenvalue weighted by molar-refractivity contribution is 0.102. The number of nitrogens with one attached hydrogen (secondary N) is 2. The zero-order chi connectivity index (χ0) is 14.7. The highest BCUT2D eigenvalue weighted by molar-refractivity contribution is 6.08. The smallest absolute Gasteiger partial charge is 0.323 e. The van der Waals surface area contributed by atoms with Crippen molar-refractivity contribution in [3.8, 4) is 0 Å². The predicted molar refractivity (Wildman–Crippen MR) is 76.3 cm³/mol. The van der Waals surface area contributed by atoms with Crippen LogP contribution in [0.1, 0.15) is 21.7 Å². The monoisotopic (exact) mass is 275 g/mol. The Balaban J connectivity index is 2.33. The molecular weight excluding hydrogens is 258 g/mol. The summed E-state index contributed by atoms with van der Waals surface area (Å²) < 4.78 is 4.97. The quantitative estimate of drug-likeness (QED) is 0.802. The maximum absolute atomic E-state index is 12.4. The largest absolute Gasteiger partial charge is 0.378 e. The van der Waals surface area contributed by atoms with E-state index in [-0.39, 0.29) is 18.1 Å². The highest BCUT2D eigenvalue weighted by atomic mass is 16.5. The molecular formula is C14H17N3O3. The minimum Gasteiger partial charge on any atom is -0.378 e. The van der Waals surface area contributed by atoms with Gasteiger partial charge in [0.05, 0.1) is 12.3 Å². The van der Waals surface area contributed by atoms with Gasteiger partial charge in [-0.05, 0) is 24.3 Å². The third-order valence-electron chi connectivity index (χ3n) is 2.97. The fourth-order valence-corrected chi connectivity index (χ4v) is 1.92. The van der Waals surface area contributed by atoms with Crippen LogP contribution in [-0.4, -0.2) is 37.0 Å². The second-order valence-electron chi connectivity index (χ2n) is 4.64. The summed E-state index contributed by atoms with van der Waals surface area (Å²) in [6.07, 6.45) is 0. The minimum atomic E-state index is -0.412. The maximum atomic E-state index is 12.4. The number of carbonyl (C=O) groups excluding carboxylic acids is 1. The molecule has 0 saturated carbocycles. The molecule has 0 spiro atoms. The van der Waals surface area contributed by atoms with Crippen molar-refractivity contribution in [1.82, 2.24) is 9.97 Å². The third-order valence-corrected chi connectivity index (χ3v) is 2.97. The number of carbonyl (C=O) groups is 1. The summed E-state index contributed by atoms with van der Waals surface area (Å²) in [4.78, 5) is 30.7. The van der Waals surface area contributed by atoms with E-state index in [1.54, 1.807) is 12.1 Å². The van der Waals surface area contributed by atoms with Gasteiger partial charge in [0, 0.05) is 32.5 Å². The van der Waals surface area contributed by atoms with Crippen LogP contribution in [0, 0.1) is 0 Å². The fraction of sp³-hybridized carbons (Fsp3) is 0.286. The van der Waals surface area contributed by atoms with Gasteiger partial charge in [0.1, 0.15) is 5.69 Å². The van der Waals surface area contributed by atoms with E-state index in [1.165, 1.54) is 7.11 Å². The summed E-state index contributed by atoms with van der Waals surface area (Å²) in [7, 11) is 5.36. The van der Waals surface area contributed by atoms with Gasteiger partial charge in [-0.15, -0.1) is 0 Å². The standard InChI is InChI=1S/C14H17N3O3/c1-17(2)10-6-4-9(5-7-10)13(18)12-11(8-20-3)15-14(19)16-12/h4-7H,8H2,1-3H3,(H2,15,16,19). The van der Waals surface area contributed by atoms with Crippen molar-refractivity contribution in [3.05, 3.63) is 51.7 Å². The van der Waals surface area contributed by atoms with Gasteiger partial charge in [0.15, 0.2) is 0 Å². The van der Waals surface area contributed by atoms with Gasteiger partial charge in [-0.25, -0.2) is 4.79 Å². The second kappa shape index (κ2) is 5.75. The maximum Gasteiger partial charge on any atom is 0.323 e. The molecule has 2 N–H and O–H groups in total. The van der Waals surface area contributed by atoms with Crippen LogP contribution in [-0.2, 0) is 11.3 Å². The SMILES string of the molecule is COCc1[nH]c(=O)[nH]c1C(=O)c1ccc(N(C)C)cc1. The number of H-pyrrole nitrogens is 2. The molecule has 2 aromatic rings. The average molecular weight is 275 g/mol. The lowest BCUT2D eigenvalue weighted by Gasteiger charge is -2.12. The number of ketones is 1. The van der Waals surface area contributed by atoms with Crippen LogP contribution in [0.2, 0.25) is 0 Å². The first kappa shape index (κ1) is 14.1. The molecule has 2 rings (SSSR count). The Labute approximate surface area is 116 Å². The molecule has 1 aromatic carbocycles. The number of anilines is 1. The van der Waals surface area contributed by atoms with Crippen molar-refractivity contribution >= 4 is 11.5 Å². The van der Waals surface area contributed by atoms with Crippen molar-refractivity contribution in [1.29, 1.82) is 0 Å². The highest BCUT2D eigenvalue weighted by Gasteiger charge is 2.17. The number of methoxy groups -OCH3 is 1. The first-order valence-electron chi connectivity index (χ1n) is 6.15. The second-order valence-corrected chi connectivity index (χ2v) is 4.64. The van der Waals surface area contributed by atoms with Crippen LogP contribution in [0.3, 0.4) is 0 Å². The number of benzene rings is 1. The van der Waals surface area contributed by atoms with Gasteiger partial charge < -0.3 is 19.6 Å². The number of imidazole rings is 1. The molecule has 0 saturated heterocycles. The Morgan fingerprint density at radius 2 is 1.85 bits per heavy atom. The Kier molecular flexibility index (Phi) is 4.05. The lowest BCUT2D eigenvalue weighted by atomic mass is 10.1. The van der Waals surface area contributed by atoms with Crippen molar-refractivity contribution < 1.29 is 9.53 Å². The van der Waals surface area contributed by atoms with Gasteiger partial charge >= 0.3 is 5.69 Å². The van der Waals surface area contributed by atoms with E-state index in [1.807, 2.05) is 31.1 Å². The number of hydrogen-bond acceptors (Lipinski definition) is 4. The topological polar surface area (TPSA) is 78.2 Å². The summed E-state index contributed by atoms with van der Waals surface area (Å²) in [5, 5.41) is 0. The van der Waals surface area contributed by atoms with E-state index in [0.29, 0.717) is 11.3 Å². The summed E-state index contributed by atoms with van der Waals surface area (Å²) in [6.45, 7) is 0.176. The van der Waals surface area contributed by atoms with Crippen LogP contribution < -0.4 is 10.6 Å². The van der Waals surface area contributed by atoms with Gasteiger partial charge in [-0.3, -0.25) is 4.79 Å². The summed E-state index contributed by atoms with van der Waals surface area (Å²) in [5.74, 6) is -0.235. The van der Waals surface area contributed by atoms with Crippen molar-refractivity contribution in [2.24, 2.45) is 0 Å². The van der Waals surface area contributed by atoms with Gasteiger partial charge in [0.2, 0.25) is 5.78 Å². The molecule has 20 heavy (non-hydrogen) atoms. The molecule has 1 aromatic heterocycles.